The lowest BCUT2D eigenvalue weighted by molar-refractivity contribution is 0.253. The van der Waals surface area contributed by atoms with E-state index in [2.05, 4.69) is 0 Å². The third kappa shape index (κ3) is 3.27. The maximum atomic E-state index is 14.2. The van der Waals surface area contributed by atoms with E-state index in [4.69, 9.17) is 0 Å². The van der Waals surface area contributed by atoms with Crippen molar-refractivity contribution in [2.24, 2.45) is 0 Å². The standard InChI is InChI=1S/C22H19FN2O3S/c1-2-16-11-13-18(14-12-16)25-22(26)24(15-17-7-3-4-8-19(17)23)20-9-5-6-10-21(20)29(25,27)28/h3-14H,2,15H2,1H3. The highest BCUT2D eigenvalue weighted by molar-refractivity contribution is 7.94. The Morgan fingerprint density at radius 2 is 1.55 bits per heavy atom. The van der Waals surface area contributed by atoms with E-state index >= 15 is 0 Å². The molecule has 1 heterocycles. The molecule has 3 aromatic rings. The zero-order chi connectivity index (χ0) is 20.6. The van der Waals surface area contributed by atoms with Crippen LogP contribution in [-0.2, 0) is 23.0 Å². The van der Waals surface area contributed by atoms with Crippen LogP contribution in [0.5, 0.6) is 0 Å². The molecule has 0 spiro atoms. The Morgan fingerprint density at radius 3 is 2.24 bits per heavy atom. The van der Waals surface area contributed by atoms with Crippen LogP contribution in [0.4, 0.5) is 20.6 Å². The maximum Gasteiger partial charge on any atom is 0.343 e. The summed E-state index contributed by atoms with van der Waals surface area (Å²) >= 11 is 0. The van der Waals surface area contributed by atoms with Gasteiger partial charge in [0.25, 0.3) is 10.0 Å². The predicted molar refractivity (Wildman–Crippen MR) is 110 cm³/mol. The number of sulfonamides is 1. The minimum atomic E-state index is -4.09. The van der Waals surface area contributed by atoms with Crippen LogP contribution >= 0.6 is 0 Å². The molecular weight excluding hydrogens is 391 g/mol. The van der Waals surface area contributed by atoms with Crippen molar-refractivity contribution in [2.75, 3.05) is 9.21 Å². The molecule has 4 rings (SSSR count). The van der Waals surface area contributed by atoms with Gasteiger partial charge in [0.05, 0.1) is 17.9 Å². The van der Waals surface area contributed by atoms with Gasteiger partial charge in [-0.2, -0.15) is 4.31 Å². The van der Waals surface area contributed by atoms with Crippen molar-refractivity contribution >= 4 is 27.4 Å². The Hall–Kier alpha value is -3.19. The van der Waals surface area contributed by atoms with Gasteiger partial charge in [-0.15, -0.1) is 0 Å². The number of nitrogens with zero attached hydrogens (tertiary/aromatic N) is 2. The fourth-order valence-corrected chi connectivity index (χ4v) is 4.97. The highest BCUT2D eigenvalue weighted by atomic mass is 32.2. The summed E-state index contributed by atoms with van der Waals surface area (Å²) in [6.45, 7) is 1.91. The first kappa shape index (κ1) is 19.1. The number of aryl methyl sites for hydroxylation is 1. The minimum absolute atomic E-state index is 0.00973. The molecule has 0 aliphatic carbocycles. The second kappa shape index (κ2) is 7.33. The van der Waals surface area contributed by atoms with Gasteiger partial charge in [-0.25, -0.2) is 17.6 Å². The van der Waals surface area contributed by atoms with E-state index < -0.39 is 21.9 Å². The summed E-state index contributed by atoms with van der Waals surface area (Å²) in [6.07, 6.45) is 0.795. The Labute approximate surface area is 169 Å². The van der Waals surface area contributed by atoms with E-state index in [1.807, 2.05) is 6.92 Å². The number of benzene rings is 3. The average molecular weight is 410 g/mol. The van der Waals surface area contributed by atoms with Gasteiger partial charge in [0, 0.05) is 5.56 Å². The Kier molecular flexibility index (Phi) is 4.84. The topological polar surface area (TPSA) is 57.7 Å². The molecular formula is C22H19FN2O3S. The molecule has 0 N–H and O–H groups in total. The van der Waals surface area contributed by atoms with Gasteiger partial charge in [0.2, 0.25) is 0 Å². The van der Waals surface area contributed by atoms with E-state index in [9.17, 15) is 17.6 Å². The maximum absolute atomic E-state index is 14.2. The van der Waals surface area contributed by atoms with Crippen LogP contribution < -0.4 is 9.21 Å². The summed E-state index contributed by atoms with van der Waals surface area (Å²) in [6, 6.07) is 18.5. The second-order valence-corrected chi connectivity index (χ2v) is 8.47. The van der Waals surface area contributed by atoms with Crippen LogP contribution in [0.25, 0.3) is 0 Å². The molecule has 0 saturated carbocycles. The van der Waals surface area contributed by atoms with Crippen molar-refractivity contribution in [1.29, 1.82) is 0 Å². The van der Waals surface area contributed by atoms with Gasteiger partial charge in [-0.1, -0.05) is 49.4 Å². The molecule has 0 fully saturated rings. The third-order valence-electron chi connectivity index (χ3n) is 4.94. The lowest BCUT2D eigenvalue weighted by Crippen LogP contribution is -2.50. The van der Waals surface area contributed by atoms with Crippen molar-refractivity contribution < 1.29 is 17.6 Å². The summed E-state index contributed by atoms with van der Waals surface area (Å²) in [5, 5.41) is 0. The van der Waals surface area contributed by atoms with Crippen LogP contribution in [0.1, 0.15) is 18.1 Å². The van der Waals surface area contributed by atoms with Crippen LogP contribution in [0.2, 0.25) is 0 Å². The SMILES string of the molecule is CCc1ccc(N2C(=O)N(Cc3ccccc3F)c3ccccc3S2(=O)=O)cc1. The number of anilines is 2. The number of amides is 2. The molecule has 1 aliphatic rings. The van der Waals surface area contributed by atoms with Crippen LogP contribution in [0.3, 0.4) is 0 Å². The van der Waals surface area contributed by atoms with Gasteiger partial charge in [-0.05, 0) is 42.3 Å². The molecule has 1 aliphatic heterocycles. The van der Waals surface area contributed by atoms with E-state index in [-0.39, 0.29) is 22.8 Å². The van der Waals surface area contributed by atoms with E-state index in [1.165, 1.54) is 17.0 Å². The monoisotopic (exact) mass is 410 g/mol. The summed E-state index contributed by atoms with van der Waals surface area (Å²) in [5.74, 6) is -0.454. The molecule has 0 unspecified atom stereocenters. The largest absolute Gasteiger partial charge is 0.343 e. The van der Waals surface area contributed by atoms with Gasteiger partial charge in [0.15, 0.2) is 0 Å². The Balaban J connectivity index is 1.85. The number of para-hydroxylation sites is 1. The van der Waals surface area contributed by atoms with Crippen molar-refractivity contribution in [2.45, 2.75) is 24.8 Å². The number of carbonyl (C=O) groups excluding carboxylic acids is 1. The molecule has 0 atom stereocenters. The van der Waals surface area contributed by atoms with Crippen LogP contribution in [0.15, 0.2) is 77.7 Å². The molecule has 0 aromatic heterocycles. The van der Waals surface area contributed by atoms with Crippen molar-refractivity contribution in [3.05, 3.63) is 89.7 Å². The number of urea groups is 1. The van der Waals surface area contributed by atoms with Crippen molar-refractivity contribution in [3.63, 3.8) is 0 Å². The molecule has 148 valence electrons. The summed E-state index contributed by atoms with van der Waals surface area (Å²) < 4.78 is 41.5. The van der Waals surface area contributed by atoms with Crippen LogP contribution in [0, 0.1) is 5.82 Å². The van der Waals surface area contributed by atoms with Gasteiger partial charge in [0.1, 0.15) is 10.7 Å². The minimum Gasteiger partial charge on any atom is -0.287 e. The van der Waals surface area contributed by atoms with Gasteiger partial charge >= 0.3 is 6.03 Å². The fourth-order valence-electron chi connectivity index (χ4n) is 3.38. The molecule has 0 saturated heterocycles. The first-order valence-electron chi connectivity index (χ1n) is 9.21. The zero-order valence-electron chi connectivity index (χ0n) is 15.7. The van der Waals surface area contributed by atoms with Crippen LogP contribution in [-0.4, -0.2) is 14.4 Å². The molecule has 0 bridgehead atoms. The lowest BCUT2D eigenvalue weighted by atomic mass is 10.1. The fraction of sp³-hybridized carbons (Fsp3) is 0.136. The number of halogens is 1. The number of fused-ring (bicyclic) bond motifs is 1. The number of hydrogen-bond acceptors (Lipinski definition) is 3. The highest BCUT2D eigenvalue weighted by Crippen LogP contribution is 2.38. The lowest BCUT2D eigenvalue weighted by Gasteiger charge is -2.36. The molecule has 7 heteroatoms. The third-order valence-corrected chi connectivity index (χ3v) is 6.69. The Bertz CT molecular complexity index is 1180. The van der Waals surface area contributed by atoms with Gasteiger partial charge < -0.3 is 0 Å². The molecule has 2 amide bonds. The number of rotatable bonds is 4. The smallest absolute Gasteiger partial charge is 0.287 e. The summed E-state index contributed by atoms with van der Waals surface area (Å²) in [4.78, 5) is 14.6. The highest BCUT2D eigenvalue weighted by Gasteiger charge is 2.42. The van der Waals surface area contributed by atoms with Crippen molar-refractivity contribution in [1.82, 2.24) is 0 Å². The molecule has 3 aromatic carbocycles. The van der Waals surface area contributed by atoms with Crippen molar-refractivity contribution in [3.8, 4) is 0 Å². The molecule has 0 radical (unpaired) electrons. The summed E-state index contributed by atoms with van der Waals surface area (Å²) in [7, 11) is -4.09. The molecule has 29 heavy (non-hydrogen) atoms. The number of carbonyl (C=O) groups is 1. The number of hydrogen-bond donors (Lipinski definition) is 0. The Morgan fingerprint density at radius 1 is 0.897 bits per heavy atom. The van der Waals surface area contributed by atoms with Gasteiger partial charge in [-0.3, -0.25) is 4.90 Å². The second-order valence-electron chi connectivity index (χ2n) is 6.72. The summed E-state index contributed by atoms with van der Waals surface area (Å²) in [5.41, 5.74) is 1.82. The van der Waals surface area contributed by atoms with E-state index in [1.54, 1.807) is 60.7 Å². The molecule has 5 nitrogen and oxygen atoms in total. The first-order chi connectivity index (χ1) is 13.9. The average Bonchev–Trinajstić information content (AvgIpc) is 2.73. The first-order valence-corrected chi connectivity index (χ1v) is 10.7. The van der Waals surface area contributed by atoms with E-state index in [0.29, 0.717) is 5.56 Å². The predicted octanol–water partition coefficient (Wildman–Crippen LogP) is 4.72. The normalized spacial score (nSPS) is 15.3. The zero-order valence-corrected chi connectivity index (χ0v) is 16.6. The quantitative estimate of drug-likeness (QED) is 0.625. The van der Waals surface area contributed by atoms with E-state index in [0.717, 1.165) is 16.3 Å².